The predicted octanol–water partition coefficient (Wildman–Crippen LogP) is 6.69. The molecule has 0 aliphatic rings. The smallest absolute Gasteiger partial charge is 0.265 e. The minimum Gasteiger partial charge on any atom is -0.494 e. The lowest BCUT2D eigenvalue weighted by Gasteiger charge is -2.16. The number of unbranched alkanes of at least 4 members (excludes halogenated alkanes) is 1. The van der Waals surface area contributed by atoms with Gasteiger partial charge in [-0.15, -0.1) is 23.1 Å². The Morgan fingerprint density at radius 3 is 2.50 bits per heavy atom. The number of thiophene rings is 1. The molecule has 1 aromatic heterocycles. The Bertz CT molecular complexity index is 1000. The highest BCUT2D eigenvalue weighted by Gasteiger charge is 2.18. The fourth-order valence-corrected chi connectivity index (χ4v) is 4.56. The van der Waals surface area contributed by atoms with E-state index in [1.807, 2.05) is 66.9 Å². The number of nitrogens with one attached hydrogen (secondary N) is 2. The number of ether oxygens (including phenoxy) is 1. The van der Waals surface area contributed by atoms with Crippen molar-refractivity contribution in [1.82, 2.24) is 0 Å². The molecule has 7 heteroatoms. The molecule has 1 heterocycles. The molecule has 0 saturated heterocycles. The van der Waals surface area contributed by atoms with Gasteiger partial charge in [0.1, 0.15) is 5.75 Å². The topological polar surface area (TPSA) is 67.4 Å². The molecule has 2 N–H and O–H groups in total. The van der Waals surface area contributed by atoms with E-state index in [9.17, 15) is 9.59 Å². The summed E-state index contributed by atoms with van der Waals surface area (Å²) >= 11 is 2.89. The van der Waals surface area contributed by atoms with Crippen LogP contribution in [-0.4, -0.2) is 23.7 Å². The Balaban J connectivity index is 1.57. The first-order valence-electron chi connectivity index (χ1n) is 10.7. The molecule has 2 amide bonds. The molecule has 3 rings (SSSR count). The number of carbonyl (C=O) groups excluding carboxylic acids is 2. The van der Waals surface area contributed by atoms with Gasteiger partial charge in [-0.2, -0.15) is 0 Å². The van der Waals surface area contributed by atoms with Crippen LogP contribution in [0.25, 0.3) is 0 Å². The number of hydrogen-bond donors (Lipinski definition) is 2. The largest absolute Gasteiger partial charge is 0.494 e. The van der Waals surface area contributed by atoms with Gasteiger partial charge in [-0.05, 0) is 66.8 Å². The third-order valence-corrected chi connectivity index (χ3v) is 6.89. The van der Waals surface area contributed by atoms with Gasteiger partial charge >= 0.3 is 0 Å². The maximum absolute atomic E-state index is 12.8. The van der Waals surface area contributed by atoms with Gasteiger partial charge in [0, 0.05) is 16.3 Å². The molecule has 0 fully saturated rings. The number of anilines is 2. The molecular formula is C25H28N2O3S2. The van der Waals surface area contributed by atoms with Crippen LogP contribution in [-0.2, 0) is 4.79 Å². The molecule has 168 valence electrons. The first kappa shape index (κ1) is 23.9. The standard InChI is InChI=1S/C25H28N2O3S2/c1-3-5-15-30-20-13-11-18(12-14-20)26-24(28)22(4-2)32-21-9-6-8-19(17-21)27-25(29)23-10-7-16-31-23/h6-14,16-17,22H,3-5,15H2,1-2H3,(H,26,28)(H,27,29). The SMILES string of the molecule is CCCCOc1ccc(NC(=O)C(CC)Sc2cccc(NC(=O)c3cccs3)c2)cc1. The van der Waals surface area contributed by atoms with Crippen molar-refractivity contribution in [3.63, 3.8) is 0 Å². The van der Waals surface area contributed by atoms with Crippen LogP contribution in [0.5, 0.6) is 5.75 Å². The molecule has 1 unspecified atom stereocenters. The molecule has 3 aromatic rings. The minimum atomic E-state index is -0.251. The molecule has 0 radical (unpaired) electrons. The zero-order valence-electron chi connectivity index (χ0n) is 18.3. The maximum atomic E-state index is 12.8. The highest BCUT2D eigenvalue weighted by atomic mass is 32.2. The van der Waals surface area contributed by atoms with Crippen molar-refractivity contribution in [2.45, 2.75) is 43.3 Å². The van der Waals surface area contributed by atoms with E-state index in [0.29, 0.717) is 23.6 Å². The van der Waals surface area contributed by atoms with Crippen LogP contribution < -0.4 is 15.4 Å². The van der Waals surface area contributed by atoms with Gasteiger partial charge in [0.25, 0.3) is 5.91 Å². The summed E-state index contributed by atoms with van der Waals surface area (Å²) in [6.45, 7) is 4.82. The van der Waals surface area contributed by atoms with Crippen LogP contribution in [0.1, 0.15) is 42.8 Å². The average Bonchev–Trinajstić information content (AvgIpc) is 3.34. The van der Waals surface area contributed by atoms with Crippen molar-refractivity contribution >= 4 is 46.3 Å². The predicted molar refractivity (Wildman–Crippen MR) is 134 cm³/mol. The Morgan fingerprint density at radius 1 is 1.00 bits per heavy atom. The molecule has 5 nitrogen and oxygen atoms in total. The van der Waals surface area contributed by atoms with E-state index >= 15 is 0 Å². The number of benzene rings is 2. The first-order valence-corrected chi connectivity index (χ1v) is 12.5. The molecule has 2 aromatic carbocycles. The summed E-state index contributed by atoms with van der Waals surface area (Å²) in [5.41, 5.74) is 1.45. The van der Waals surface area contributed by atoms with Crippen LogP contribution >= 0.6 is 23.1 Å². The minimum absolute atomic E-state index is 0.0508. The summed E-state index contributed by atoms with van der Waals surface area (Å²) in [5, 5.41) is 7.53. The van der Waals surface area contributed by atoms with Crippen molar-refractivity contribution in [2.75, 3.05) is 17.2 Å². The van der Waals surface area contributed by atoms with Crippen LogP contribution in [0.4, 0.5) is 11.4 Å². The number of hydrogen-bond acceptors (Lipinski definition) is 5. The molecule has 0 aliphatic carbocycles. The van der Waals surface area contributed by atoms with E-state index in [1.165, 1.54) is 23.1 Å². The second-order valence-corrected chi connectivity index (χ2v) is 9.41. The third-order valence-electron chi connectivity index (χ3n) is 4.67. The average molecular weight is 469 g/mol. The molecule has 1 atom stereocenters. The van der Waals surface area contributed by atoms with E-state index in [2.05, 4.69) is 17.6 Å². The van der Waals surface area contributed by atoms with Gasteiger partial charge in [-0.25, -0.2) is 0 Å². The monoisotopic (exact) mass is 468 g/mol. The summed E-state index contributed by atoms with van der Waals surface area (Å²) in [4.78, 5) is 26.7. The summed E-state index contributed by atoms with van der Waals surface area (Å²) < 4.78 is 5.67. The Kier molecular flexibility index (Phi) is 9.19. The number of amides is 2. The van der Waals surface area contributed by atoms with Crippen LogP contribution in [0.15, 0.2) is 70.9 Å². The van der Waals surface area contributed by atoms with Crippen LogP contribution in [0, 0.1) is 0 Å². The second-order valence-electron chi connectivity index (χ2n) is 7.19. The van der Waals surface area contributed by atoms with Gasteiger partial charge in [0.15, 0.2) is 0 Å². The molecule has 0 saturated carbocycles. The summed E-state index contributed by atoms with van der Waals surface area (Å²) in [7, 11) is 0. The van der Waals surface area contributed by atoms with Gasteiger partial charge in [-0.1, -0.05) is 32.4 Å². The number of rotatable bonds is 11. The Hall–Kier alpha value is -2.77. The van der Waals surface area contributed by atoms with Crippen molar-refractivity contribution in [1.29, 1.82) is 0 Å². The van der Waals surface area contributed by atoms with Gasteiger partial charge in [-0.3, -0.25) is 9.59 Å². The maximum Gasteiger partial charge on any atom is 0.265 e. The zero-order valence-corrected chi connectivity index (χ0v) is 19.9. The molecular weight excluding hydrogens is 440 g/mol. The van der Waals surface area contributed by atoms with Gasteiger partial charge in [0.2, 0.25) is 5.91 Å². The third kappa shape index (κ3) is 7.14. The fraction of sp³-hybridized carbons (Fsp3) is 0.280. The lowest BCUT2D eigenvalue weighted by atomic mass is 10.2. The van der Waals surface area contributed by atoms with Crippen molar-refractivity contribution in [3.8, 4) is 5.75 Å². The van der Waals surface area contributed by atoms with E-state index in [1.54, 1.807) is 6.07 Å². The first-order chi connectivity index (χ1) is 15.6. The fourth-order valence-electron chi connectivity index (χ4n) is 2.93. The molecule has 0 aliphatic heterocycles. The number of thioether (sulfide) groups is 1. The van der Waals surface area contributed by atoms with E-state index < -0.39 is 0 Å². The van der Waals surface area contributed by atoms with Crippen molar-refractivity contribution in [3.05, 3.63) is 70.9 Å². The van der Waals surface area contributed by atoms with Crippen molar-refractivity contribution < 1.29 is 14.3 Å². The lowest BCUT2D eigenvalue weighted by molar-refractivity contribution is -0.115. The Morgan fingerprint density at radius 2 is 1.81 bits per heavy atom. The Labute approximate surface area is 197 Å². The van der Waals surface area contributed by atoms with Crippen LogP contribution in [0.3, 0.4) is 0 Å². The quantitative estimate of drug-likeness (QED) is 0.243. The molecule has 32 heavy (non-hydrogen) atoms. The van der Waals surface area contributed by atoms with E-state index in [0.717, 1.165) is 29.2 Å². The summed E-state index contributed by atoms with van der Waals surface area (Å²) in [6, 6.07) is 18.7. The van der Waals surface area contributed by atoms with Gasteiger partial charge < -0.3 is 15.4 Å². The summed E-state index contributed by atoms with van der Waals surface area (Å²) in [5.74, 6) is 0.624. The highest BCUT2D eigenvalue weighted by Crippen LogP contribution is 2.29. The van der Waals surface area contributed by atoms with E-state index in [-0.39, 0.29) is 17.1 Å². The number of carbonyl (C=O) groups is 2. The molecule has 0 spiro atoms. The lowest BCUT2D eigenvalue weighted by Crippen LogP contribution is -2.24. The van der Waals surface area contributed by atoms with Gasteiger partial charge in [0.05, 0.1) is 16.7 Å². The summed E-state index contributed by atoms with van der Waals surface area (Å²) in [6.07, 6.45) is 2.79. The van der Waals surface area contributed by atoms with E-state index in [4.69, 9.17) is 4.74 Å². The van der Waals surface area contributed by atoms with Crippen molar-refractivity contribution in [2.24, 2.45) is 0 Å². The molecule has 0 bridgehead atoms. The second kappa shape index (κ2) is 12.3. The van der Waals surface area contributed by atoms with Crippen LogP contribution in [0.2, 0.25) is 0 Å². The zero-order chi connectivity index (χ0) is 22.8. The highest BCUT2D eigenvalue weighted by molar-refractivity contribution is 8.00. The normalized spacial score (nSPS) is 11.6.